The predicted octanol–water partition coefficient (Wildman–Crippen LogP) is 4.89. The van der Waals surface area contributed by atoms with Crippen molar-refractivity contribution in [1.29, 1.82) is 0 Å². The molecule has 4 nitrogen and oxygen atoms in total. The van der Waals surface area contributed by atoms with E-state index in [0.717, 1.165) is 23.1 Å². The van der Waals surface area contributed by atoms with Gasteiger partial charge in [-0.25, -0.2) is 0 Å². The van der Waals surface area contributed by atoms with Gasteiger partial charge in [-0.2, -0.15) is 5.10 Å². The number of carbonyl (C=O) groups excluding carboxylic acids is 1. The van der Waals surface area contributed by atoms with Crippen molar-refractivity contribution < 1.29 is 4.79 Å². The number of amidine groups is 1. The SMILES string of the molecule is CC[C@H]1S/C(=N\N=C/c2ccc(Cl)cc2)N(Cc2ccccc2C)C1=O. The molecule has 0 N–H and O–H groups in total. The largest absolute Gasteiger partial charge is 0.284 e. The van der Waals surface area contributed by atoms with Crippen LogP contribution in [0.15, 0.2) is 58.7 Å². The van der Waals surface area contributed by atoms with E-state index in [9.17, 15) is 4.79 Å². The fourth-order valence-corrected chi connectivity index (χ4v) is 3.79. The van der Waals surface area contributed by atoms with Crippen LogP contribution in [0, 0.1) is 6.92 Å². The molecular formula is C20H20ClN3OS. The predicted molar refractivity (Wildman–Crippen MR) is 110 cm³/mol. The third-order valence-corrected chi connectivity index (χ3v) is 5.78. The summed E-state index contributed by atoms with van der Waals surface area (Å²) >= 11 is 7.37. The van der Waals surface area contributed by atoms with Gasteiger partial charge < -0.3 is 0 Å². The standard InChI is InChI=1S/C20H20ClN3OS/c1-3-18-19(25)24(13-16-7-5-4-6-14(16)2)20(26-18)23-22-12-15-8-10-17(21)11-9-15/h4-12,18H,3,13H2,1-2H3/b22-12-,23-20-/t18-/m1/s1. The summed E-state index contributed by atoms with van der Waals surface area (Å²) in [4.78, 5) is 14.4. The summed E-state index contributed by atoms with van der Waals surface area (Å²) in [5.41, 5.74) is 3.19. The Morgan fingerprint density at radius 2 is 1.92 bits per heavy atom. The molecule has 0 aliphatic carbocycles. The molecule has 1 aliphatic heterocycles. The van der Waals surface area contributed by atoms with E-state index in [1.165, 1.54) is 11.8 Å². The van der Waals surface area contributed by atoms with Crippen LogP contribution in [0.2, 0.25) is 5.02 Å². The van der Waals surface area contributed by atoms with Crippen molar-refractivity contribution in [3.63, 3.8) is 0 Å². The lowest BCUT2D eigenvalue weighted by Gasteiger charge is -2.17. The number of aryl methyl sites for hydroxylation is 1. The number of benzene rings is 2. The van der Waals surface area contributed by atoms with Gasteiger partial charge in [0.1, 0.15) is 0 Å². The smallest absolute Gasteiger partial charge is 0.242 e. The molecule has 0 aromatic heterocycles. The van der Waals surface area contributed by atoms with Crippen LogP contribution in [0.25, 0.3) is 0 Å². The monoisotopic (exact) mass is 385 g/mol. The minimum atomic E-state index is -0.0940. The second-order valence-electron chi connectivity index (χ2n) is 6.04. The first-order valence-electron chi connectivity index (χ1n) is 8.47. The Balaban J connectivity index is 1.81. The van der Waals surface area contributed by atoms with Crippen molar-refractivity contribution in [2.45, 2.75) is 32.1 Å². The van der Waals surface area contributed by atoms with Gasteiger partial charge in [0.25, 0.3) is 0 Å². The number of rotatable bonds is 5. The fourth-order valence-electron chi connectivity index (χ4n) is 2.64. The average molecular weight is 386 g/mol. The first-order chi connectivity index (χ1) is 12.6. The van der Waals surface area contributed by atoms with E-state index in [-0.39, 0.29) is 11.2 Å². The van der Waals surface area contributed by atoms with E-state index in [1.807, 2.05) is 49.4 Å². The Hall–Kier alpha value is -2.11. The van der Waals surface area contributed by atoms with E-state index in [1.54, 1.807) is 11.1 Å². The third-order valence-electron chi connectivity index (χ3n) is 4.20. The van der Waals surface area contributed by atoms with Gasteiger partial charge in [-0.05, 0) is 42.2 Å². The fraction of sp³-hybridized carbons (Fsp3) is 0.250. The Morgan fingerprint density at radius 1 is 1.19 bits per heavy atom. The highest BCUT2D eigenvalue weighted by Crippen LogP contribution is 2.31. The Morgan fingerprint density at radius 3 is 2.62 bits per heavy atom. The van der Waals surface area contributed by atoms with Crippen molar-refractivity contribution in [2.24, 2.45) is 10.2 Å². The van der Waals surface area contributed by atoms with Crippen LogP contribution in [0.5, 0.6) is 0 Å². The zero-order valence-electron chi connectivity index (χ0n) is 14.7. The molecule has 1 aliphatic rings. The van der Waals surface area contributed by atoms with Gasteiger partial charge in [-0.15, -0.1) is 5.10 Å². The van der Waals surface area contributed by atoms with E-state index < -0.39 is 0 Å². The van der Waals surface area contributed by atoms with E-state index >= 15 is 0 Å². The van der Waals surface area contributed by atoms with Crippen LogP contribution < -0.4 is 0 Å². The highest BCUT2D eigenvalue weighted by molar-refractivity contribution is 8.15. The molecule has 1 saturated heterocycles. The molecule has 2 aromatic carbocycles. The third kappa shape index (κ3) is 4.34. The van der Waals surface area contributed by atoms with E-state index in [4.69, 9.17) is 11.6 Å². The van der Waals surface area contributed by atoms with Crippen LogP contribution >= 0.6 is 23.4 Å². The lowest BCUT2D eigenvalue weighted by molar-refractivity contribution is -0.126. The first kappa shape index (κ1) is 18.7. The van der Waals surface area contributed by atoms with Crippen LogP contribution in [-0.2, 0) is 11.3 Å². The molecule has 3 rings (SSSR count). The first-order valence-corrected chi connectivity index (χ1v) is 9.73. The summed E-state index contributed by atoms with van der Waals surface area (Å²) < 4.78 is 0. The highest BCUT2D eigenvalue weighted by atomic mass is 35.5. The van der Waals surface area contributed by atoms with E-state index in [0.29, 0.717) is 16.7 Å². The zero-order chi connectivity index (χ0) is 18.5. The van der Waals surface area contributed by atoms with Crippen molar-refractivity contribution >= 4 is 40.7 Å². The van der Waals surface area contributed by atoms with Gasteiger partial charge in [0.2, 0.25) is 5.91 Å². The van der Waals surface area contributed by atoms with Gasteiger partial charge in [0.05, 0.1) is 18.0 Å². The maximum absolute atomic E-state index is 12.7. The van der Waals surface area contributed by atoms with Crippen molar-refractivity contribution in [1.82, 2.24) is 4.90 Å². The molecule has 2 aromatic rings. The summed E-state index contributed by atoms with van der Waals surface area (Å²) in [7, 11) is 0. The molecule has 1 heterocycles. The quantitative estimate of drug-likeness (QED) is 0.543. The minimum Gasteiger partial charge on any atom is -0.284 e. The minimum absolute atomic E-state index is 0.0940. The number of amides is 1. The summed E-state index contributed by atoms with van der Waals surface area (Å²) in [5.74, 6) is 0.0983. The maximum atomic E-state index is 12.7. The van der Waals surface area contributed by atoms with Gasteiger partial charge in [0.15, 0.2) is 5.17 Å². The number of carbonyl (C=O) groups is 1. The van der Waals surface area contributed by atoms with Gasteiger partial charge in [-0.3, -0.25) is 9.69 Å². The summed E-state index contributed by atoms with van der Waals surface area (Å²) in [6.45, 7) is 4.58. The number of nitrogens with zero attached hydrogens (tertiary/aromatic N) is 3. The van der Waals surface area contributed by atoms with Gasteiger partial charge in [0, 0.05) is 5.02 Å². The molecule has 1 atom stereocenters. The van der Waals surface area contributed by atoms with Crippen molar-refractivity contribution in [2.75, 3.05) is 0 Å². The molecule has 26 heavy (non-hydrogen) atoms. The molecule has 0 saturated carbocycles. The molecule has 1 fully saturated rings. The summed E-state index contributed by atoms with van der Waals surface area (Å²) in [6, 6.07) is 15.4. The Bertz CT molecular complexity index is 848. The highest BCUT2D eigenvalue weighted by Gasteiger charge is 2.37. The second-order valence-corrected chi connectivity index (χ2v) is 7.65. The Labute approximate surface area is 163 Å². The Kier molecular flexibility index (Phi) is 6.12. The molecule has 134 valence electrons. The number of halogens is 1. The second kappa shape index (κ2) is 8.52. The van der Waals surface area contributed by atoms with Gasteiger partial charge in [-0.1, -0.05) is 66.7 Å². The molecule has 6 heteroatoms. The lowest BCUT2D eigenvalue weighted by atomic mass is 10.1. The van der Waals surface area contributed by atoms with Crippen LogP contribution in [0.3, 0.4) is 0 Å². The number of thioether (sulfide) groups is 1. The molecule has 0 bridgehead atoms. The number of hydrogen-bond donors (Lipinski definition) is 0. The van der Waals surface area contributed by atoms with Crippen LogP contribution in [0.4, 0.5) is 0 Å². The molecule has 0 radical (unpaired) electrons. The zero-order valence-corrected chi connectivity index (χ0v) is 16.3. The molecule has 0 spiro atoms. The molecular weight excluding hydrogens is 366 g/mol. The van der Waals surface area contributed by atoms with Crippen LogP contribution in [-0.4, -0.2) is 27.4 Å². The average Bonchev–Trinajstić information content (AvgIpc) is 2.94. The normalized spacial score (nSPS) is 19.0. The topological polar surface area (TPSA) is 45.0 Å². The molecule has 0 unspecified atom stereocenters. The van der Waals surface area contributed by atoms with Crippen molar-refractivity contribution in [3.05, 3.63) is 70.2 Å². The summed E-state index contributed by atoms with van der Waals surface area (Å²) in [5, 5.41) is 9.73. The number of hydrogen-bond acceptors (Lipinski definition) is 4. The molecule has 1 amide bonds. The van der Waals surface area contributed by atoms with E-state index in [2.05, 4.69) is 23.2 Å². The van der Waals surface area contributed by atoms with Crippen LogP contribution in [0.1, 0.15) is 30.0 Å². The van der Waals surface area contributed by atoms with Crippen molar-refractivity contribution in [3.8, 4) is 0 Å². The lowest BCUT2D eigenvalue weighted by Crippen LogP contribution is -2.31. The summed E-state index contributed by atoms with van der Waals surface area (Å²) in [6.07, 6.45) is 2.44. The maximum Gasteiger partial charge on any atom is 0.242 e. The van der Waals surface area contributed by atoms with Gasteiger partial charge >= 0.3 is 0 Å².